The molecule has 0 radical (unpaired) electrons. The van der Waals surface area contributed by atoms with Gasteiger partial charge < -0.3 is 5.32 Å². The third kappa shape index (κ3) is 3.45. The number of benzene rings is 1. The van der Waals surface area contributed by atoms with Crippen molar-refractivity contribution < 1.29 is 0 Å². The molecule has 0 spiro atoms. The number of nitrogens with one attached hydrogen (secondary N) is 1. The highest BCUT2D eigenvalue weighted by Gasteiger charge is 2.20. The van der Waals surface area contributed by atoms with Crippen molar-refractivity contribution >= 4 is 17.4 Å². The van der Waals surface area contributed by atoms with E-state index in [1.165, 1.54) is 32.1 Å². The van der Waals surface area contributed by atoms with E-state index < -0.39 is 0 Å². The Bertz CT molecular complexity index is 456. The van der Waals surface area contributed by atoms with Crippen molar-refractivity contribution in [2.24, 2.45) is 5.92 Å². The predicted octanol–water partition coefficient (Wildman–Crippen LogP) is 4.66. The second-order valence-electron chi connectivity index (χ2n) is 5.26. The molecule has 1 aliphatic carbocycles. The molecule has 0 aromatic heterocycles. The van der Waals surface area contributed by atoms with Gasteiger partial charge in [-0.05, 0) is 50.0 Å². The van der Waals surface area contributed by atoms with Gasteiger partial charge in [-0.1, -0.05) is 19.4 Å². The second-order valence-corrected chi connectivity index (χ2v) is 6.11. The summed E-state index contributed by atoms with van der Waals surface area (Å²) in [7, 11) is 0. The Balaban J connectivity index is 2.06. The van der Waals surface area contributed by atoms with Gasteiger partial charge in [0.05, 0.1) is 11.3 Å². The minimum absolute atomic E-state index is 0.534. The predicted molar refractivity (Wildman–Crippen MR) is 82.6 cm³/mol. The van der Waals surface area contributed by atoms with Crippen molar-refractivity contribution in [3.63, 3.8) is 0 Å². The number of anilines is 1. The van der Waals surface area contributed by atoms with Crippen LogP contribution >= 0.6 is 11.8 Å². The fraction of sp³-hybridized carbons (Fsp3) is 0.562. The molecule has 0 aliphatic heterocycles. The molecule has 0 unspecified atom stereocenters. The van der Waals surface area contributed by atoms with Crippen LogP contribution in [-0.4, -0.2) is 12.3 Å². The summed E-state index contributed by atoms with van der Waals surface area (Å²) in [5.74, 6) is 0.908. The van der Waals surface area contributed by atoms with Crippen molar-refractivity contribution in [1.82, 2.24) is 0 Å². The minimum atomic E-state index is 0.534. The molecule has 1 saturated carbocycles. The van der Waals surface area contributed by atoms with E-state index in [0.717, 1.165) is 22.1 Å². The lowest BCUT2D eigenvalue weighted by atomic mass is 9.84. The van der Waals surface area contributed by atoms with Crippen LogP contribution in [-0.2, 0) is 0 Å². The molecule has 1 N–H and O–H groups in total. The van der Waals surface area contributed by atoms with Gasteiger partial charge in [0.15, 0.2) is 0 Å². The van der Waals surface area contributed by atoms with Crippen LogP contribution < -0.4 is 5.32 Å². The minimum Gasteiger partial charge on any atom is -0.381 e. The molecule has 2 nitrogen and oxygen atoms in total. The van der Waals surface area contributed by atoms with Crippen LogP contribution in [0.15, 0.2) is 23.1 Å². The maximum absolute atomic E-state index is 9.34. The zero-order chi connectivity index (χ0) is 13.7. The maximum atomic E-state index is 9.34. The van der Waals surface area contributed by atoms with E-state index in [1.54, 1.807) is 11.8 Å². The maximum Gasteiger partial charge on any atom is 0.102 e. The molecule has 0 atom stereocenters. The summed E-state index contributed by atoms with van der Waals surface area (Å²) in [6, 6.07) is 8.96. The molecule has 102 valence electrons. The Kier molecular flexibility index (Phi) is 5.15. The highest BCUT2D eigenvalue weighted by Crippen LogP contribution is 2.31. The molecule has 0 heterocycles. The van der Waals surface area contributed by atoms with Crippen molar-refractivity contribution in [3.8, 4) is 6.07 Å². The monoisotopic (exact) mass is 274 g/mol. The average molecular weight is 274 g/mol. The largest absolute Gasteiger partial charge is 0.381 e. The van der Waals surface area contributed by atoms with Crippen molar-refractivity contribution in [2.75, 3.05) is 11.6 Å². The number of nitrogens with zero attached hydrogens (tertiary/aromatic N) is 1. The number of thioether (sulfide) groups is 1. The fourth-order valence-electron chi connectivity index (χ4n) is 2.87. The normalized spacial score (nSPS) is 22.8. The lowest BCUT2D eigenvalue weighted by Crippen LogP contribution is -2.26. The molecular formula is C16H22N2S. The lowest BCUT2D eigenvalue weighted by Gasteiger charge is -2.29. The zero-order valence-electron chi connectivity index (χ0n) is 11.8. The molecule has 0 bridgehead atoms. The summed E-state index contributed by atoms with van der Waals surface area (Å²) in [4.78, 5) is 1.06. The van der Waals surface area contributed by atoms with Crippen LogP contribution in [0.1, 0.15) is 44.6 Å². The Morgan fingerprint density at radius 1 is 1.32 bits per heavy atom. The molecule has 1 aliphatic rings. The standard InChI is InChI=1S/C16H22N2S/c1-3-12-7-9-13(10-8-12)18-15-5-4-6-16(19-2)14(15)11-17/h4-6,12-13,18H,3,7-10H2,1-2H3. The van der Waals surface area contributed by atoms with Crippen LogP contribution in [0.25, 0.3) is 0 Å². The first kappa shape index (κ1) is 14.3. The van der Waals surface area contributed by atoms with Crippen LogP contribution in [0.2, 0.25) is 0 Å². The third-order valence-corrected chi connectivity index (χ3v) is 4.92. The van der Waals surface area contributed by atoms with Gasteiger partial charge in [-0.15, -0.1) is 11.8 Å². The first-order chi connectivity index (χ1) is 9.28. The number of rotatable bonds is 4. The Morgan fingerprint density at radius 2 is 2.05 bits per heavy atom. The number of hydrogen-bond donors (Lipinski definition) is 1. The zero-order valence-corrected chi connectivity index (χ0v) is 12.6. The summed E-state index contributed by atoms with van der Waals surface area (Å²) >= 11 is 1.64. The molecule has 19 heavy (non-hydrogen) atoms. The van der Waals surface area contributed by atoms with E-state index in [9.17, 15) is 5.26 Å². The fourth-order valence-corrected chi connectivity index (χ4v) is 3.45. The van der Waals surface area contributed by atoms with Crippen LogP contribution in [0.5, 0.6) is 0 Å². The van der Waals surface area contributed by atoms with Gasteiger partial charge in [0.2, 0.25) is 0 Å². The van der Waals surface area contributed by atoms with E-state index in [2.05, 4.69) is 18.3 Å². The summed E-state index contributed by atoms with van der Waals surface area (Å²) in [5.41, 5.74) is 1.81. The summed E-state index contributed by atoms with van der Waals surface area (Å²) < 4.78 is 0. The van der Waals surface area contributed by atoms with Crippen molar-refractivity contribution in [2.45, 2.75) is 50.0 Å². The van der Waals surface area contributed by atoms with E-state index in [0.29, 0.717) is 6.04 Å². The highest BCUT2D eigenvalue weighted by atomic mass is 32.2. The van der Waals surface area contributed by atoms with Crippen LogP contribution in [0, 0.1) is 17.2 Å². The molecular weight excluding hydrogens is 252 g/mol. The number of nitriles is 1. The number of hydrogen-bond acceptors (Lipinski definition) is 3. The lowest BCUT2D eigenvalue weighted by molar-refractivity contribution is 0.330. The second kappa shape index (κ2) is 6.86. The molecule has 1 fully saturated rings. The van der Waals surface area contributed by atoms with E-state index in [4.69, 9.17) is 0 Å². The van der Waals surface area contributed by atoms with Gasteiger partial charge in [-0.3, -0.25) is 0 Å². The first-order valence-electron chi connectivity index (χ1n) is 7.12. The molecule has 2 rings (SSSR count). The Labute approximate surface area is 120 Å². The van der Waals surface area contributed by atoms with E-state index in [-0.39, 0.29) is 0 Å². The van der Waals surface area contributed by atoms with Gasteiger partial charge >= 0.3 is 0 Å². The van der Waals surface area contributed by atoms with Gasteiger partial charge in [-0.2, -0.15) is 5.26 Å². The molecule has 0 amide bonds. The van der Waals surface area contributed by atoms with Crippen molar-refractivity contribution in [1.29, 1.82) is 5.26 Å². The van der Waals surface area contributed by atoms with Gasteiger partial charge in [0, 0.05) is 10.9 Å². The summed E-state index contributed by atoms with van der Waals surface area (Å²) in [5, 5.41) is 12.9. The summed E-state index contributed by atoms with van der Waals surface area (Å²) in [6.45, 7) is 2.29. The van der Waals surface area contributed by atoms with E-state index in [1.807, 2.05) is 24.5 Å². The Hall–Kier alpha value is -1.14. The topological polar surface area (TPSA) is 35.8 Å². The molecule has 1 aromatic carbocycles. The molecule has 3 heteroatoms. The van der Waals surface area contributed by atoms with Crippen LogP contribution in [0.4, 0.5) is 5.69 Å². The van der Waals surface area contributed by atoms with Gasteiger partial charge in [0.25, 0.3) is 0 Å². The molecule has 0 saturated heterocycles. The average Bonchev–Trinajstić information content (AvgIpc) is 2.47. The smallest absolute Gasteiger partial charge is 0.102 e. The van der Waals surface area contributed by atoms with Gasteiger partial charge in [-0.25, -0.2) is 0 Å². The third-order valence-electron chi connectivity index (χ3n) is 4.14. The molecule has 1 aromatic rings. The van der Waals surface area contributed by atoms with Crippen LogP contribution in [0.3, 0.4) is 0 Å². The summed E-state index contributed by atoms with van der Waals surface area (Å²) in [6.07, 6.45) is 8.42. The Morgan fingerprint density at radius 3 is 2.63 bits per heavy atom. The highest BCUT2D eigenvalue weighted by molar-refractivity contribution is 7.98. The quantitative estimate of drug-likeness (QED) is 0.811. The van der Waals surface area contributed by atoms with E-state index >= 15 is 0 Å². The van der Waals surface area contributed by atoms with Gasteiger partial charge in [0.1, 0.15) is 6.07 Å². The van der Waals surface area contributed by atoms with Crippen molar-refractivity contribution in [3.05, 3.63) is 23.8 Å². The SMILES string of the molecule is CCC1CCC(Nc2cccc(SC)c2C#N)CC1. The first-order valence-corrected chi connectivity index (χ1v) is 8.34.